The van der Waals surface area contributed by atoms with Gasteiger partial charge in [0.05, 0.1) is 21.3 Å². The number of methoxy groups -OCH3 is 3. The molecule has 3 aromatic rings. The van der Waals surface area contributed by atoms with E-state index in [4.69, 9.17) is 24.8 Å². The van der Waals surface area contributed by atoms with E-state index in [0.717, 1.165) is 10.6 Å². The molecular weight excluding hydrogens is 400 g/mol. The maximum Gasteiger partial charge on any atom is 0.269 e. The molecule has 0 spiro atoms. The van der Waals surface area contributed by atoms with Crippen molar-refractivity contribution in [3.63, 3.8) is 0 Å². The Morgan fingerprint density at radius 1 is 1.03 bits per heavy atom. The number of rotatable bonds is 8. The molecule has 2 N–H and O–H groups in total. The van der Waals surface area contributed by atoms with Gasteiger partial charge in [0, 0.05) is 25.1 Å². The lowest BCUT2D eigenvalue weighted by Crippen LogP contribution is -2.34. The number of aromatic nitrogens is 2. The molecule has 0 saturated heterocycles. The van der Waals surface area contributed by atoms with Gasteiger partial charge in [0.1, 0.15) is 5.82 Å². The summed E-state index contributed by atoms with van der Waals surface area (Å²) in [6.07, 6.45) is 1.98. The number of carbonyl (C=O) groups is 1. The van der Waals surface area contributed by atoms with Crippen LogP contribution in [-0.2, 0) is 11.2 Å². The number of hydrogen-bond acceptors (Lipinski definition) is 8. The van der Waals surface area contributed by atoms with Crippen LogP contribution in [0.5, 0.6) is 23.0 Å². The Labute approximate surface area is 180 Å². The Morgan fingerprint density at radius 3 is 2.19 bits per heavy atom. The summed E-state index contributed by atoms with van der Waals surface area (Å²) < 4.78 is 16.1. The minimum Gasteiger partial charge on any atom is -0.493 e. The van der Waals surface area contributed by atoms with Gasteiger partial charge >= 0.3 is 0 Å². The number of nitrogens with two attached hydrogens (primary N) is 1. The number of hydroxylamine groups is 1. The fourth-order valence-corrected chi connectivity index (χ4v) is 2.93. The zero-order chi connectivity index (χ0) is 22.4. The highest BCUT2D eigenvalue weighted by Crippen LogP contribution is 2.38. The van der Waals surface area contributed by atoms with Gasteiger partial charge in [-0.05, 0) is 29.8 Å². The van der Waals surface area contributed by atoms with Crippen LogP contribution in [-0.4, -0.2) is 37.2 Å². The number of nitrogen functional groups attached to an aromatic ring is 1. The Hall–Kier alpha value is -4.01. The van der Waals surface area contributed by atoms with E-state index >= 15 is 0 Å². The summed E-state index contributed by atoms with van der Waals surface area (Å²) in [6, 6.07) is 12.5. The molecule has 0 unspecified atom stereocenters. The normalized spacial score (nSPS) is 10.3. The molecule has 1 amide bonds. The summed E-state index contributed by atoms with van der Waals surface area (Å²) in [5, 5.41) is 0.995. The molecular formula is C22H24N4O5. The monoisotopic (exact) mass is 424 g/mol. The average molecular weight is 424 g/mol. The average Bonchev–Trinajstić information content (AvgIpc) is 2.78. The molecule has 3 rings (SSSR count). The lowest BCUT2D eigenvalue weighted by atomic mass is 10.1. The third-order valence-corrected chi connectivity index (χ3v) is 4.41. The van der Waals surface area contributed by atoms with Crippen LogP contribution in [0.15, 0.2) is 48.7 Å². The van der Waals surface area contributed by atoms with Crippen LogP contribution in [0.2, 0.25) is 0 Å². The molecule has 1 aromatic heterocycles. The molecule has 162 valence electrons. The van der Waals surface area contributed by atoms with Crippen LogP contribution in [0.4, 0.5) is 11.8 Å². The number of para-hydroxylation sites is 1. The Balaban J connectivity index is 1.87. The van der Waals surface area contributed by atoms with Gasteiger partial charge in [-0.3, -0.25) is 4.79 Å². The maximum atomic E-state index is 12.1. The molecule has 0 saturated carbocycles. The lowest BCUT2D eigenvalue weighted by molar-refractivity contribution is -0.120. The van der Waals surface area contributed by atoms with Gasteiger partial charge in [0.15, 0.2) is 17.2 Å². The van der Waals surface area contributed by atoms with E-state index in [-0.39, 0.29) is 17.7 Å². The van der Waals surface area contributed by atoms with Crippen molar-refractivity contribution in [2.75, 3.05) is 32.1 Å². The molecule has 2 aromatic carbocycles. The summed E-state index contributed by atoms with van der Waals surface area (Å²) in [7, 11) is 4.65. The summed E-state index contributed by atoms with van der Waals surface area (Å²) in [5.41, 5.74) is 7.70. The van der Waals surface area contributed by atoms with Crippen molar-refractivity contribution in [3.05, 3.63) is 59.8 Å². The molecule has 0 bridgehead atoms. The van der Waals surface area contributed by atoms with Gasteiger partial charge in [-0.1, -0.05) is 18.2 Å². The first-order chi connectivity index (χ1) is 15.0. The highest BCUT2D eigenvalue weighted by Gasteiger charge is 2.20. The minimum atomic E-state index is -0.388. The summed E-state index contributed by atoms with van der Waals surface area (Å²) in [4.78, 5) is 26.2. The summed E-state index contributed by atoms with van der Waals surface area (Å²) in [6.45, 7) is 1.35. The SMILES string of the molecule is COc1cc(Cc2cnc(N(Oc3ccccc3)C(C)=O)nc2N)cc(OC)c1OC. The van der Waals surface area contributed by atoms with Gasteiger partial charge in [-0.2, -0.15) is 4.98 Å². The maximum absolute atomic E-state index is 12.1. The second kappa shape index (κ2) is 9.66. The van der Waals surface area contributed by atoms with E-state index in [1.807, 2.05) is 18.2 Å². The number of amides is 1. The van der Waals surface area contributed by atoms with E-state index in [2.05, 4.69) is 9.97 Å². The Kier molecular flexibility index (Phi) is 6.76. The molecule has 0 atom stereocenters. The predicted octanol–water partition coefficient (Wildman–Crippen LogP) is 3.02. The molecule has 9 nitrogen and oxygen atoms in total. The topological polar surface area (TPSA) is 109 Å². The van der Waals surface area contributed by atoms with Crippen LogP contribution in [0.1, 0.15) is 18.1 Å². The van der Waals surface area contributed by atoms with Gasteiger partial charge < -0.3 is 24.8 Å². The number of carbonyl (C=O) groups excluding carboxylic acids is 1. The highest BCUT2D eigenvalue weighted by atomic mass is 16.7. The molecule has 9 heteroatoms. The smallest absolute Gasteiger partial charge is 0.269 e. The standard InChI is InChI=1S/C22H24N4O5/c1-14(27)26(31-17-8-6-5-7-9-17)22-24-13-16(21(23)25-22)10-15-11-18(28-2)20(30-4)19(12-15)29-3/h5-9,11-13H,10H2,1-4H3,(H2,23,24,25). The van der Waals surface area contributed by atoms with Gasteiger partial charge in [0.25, 0.3) is 11.9 Å². The van der Waals surface area contributed by atoms with Crippen molar-refractivity contribution in [1.29, 1.82) is 0 Å². The van der Waals surface area contributed by atoms with Crippen LogP contribution in [0, 0.1) is 0 Å². The summed E-state index contributed by atoms with van der Waals surface area (Å²) >= 11 is 0. The van der Waals surface area contributed by atoms with E-state index in [1.54, 1.807) is 51.8 Å². The van der Waals surface area contributed by atoms with Gasteiger partial charge in [-0.15, -0.1) is 5.06 Å². The van der Waals surface area contributed by atoms with E-state index in [0.29, 0.717) is 35.0 Å². The van der Waals surface area contributed by atoms with Crippen LogP contribution >= 0.6 is 0 Å². The molecule has 0 aliphatic heterocycles. The van der Waals surface area contributed by atoms with Crippen molar-refractivity contribution in [2.45, 2.75) is 13.3 Å². The molecule has 0 radical (unpaired) electrons. The molecule has 0 fully saturated rings. The second-order valence-corrected chi connectivity index (χ2v) is 6.51. The van der Waals surface area contributed by atoms with Crippen LogP contribution in [0.3, 0.4) is 0 Å². The molecule has 31 heavy (non-hydrogen) atoms. The molecule has 1 heterocycles. The van der Waals surface area contributed by atoms with Crippen molar-refractivity contribution < 1.29 is 23.8 Å². The van der Waals surface area contributed by atoms with E-state index in [9.17, 15) is 4.79 Å². The number of anilines is 2. The zero-order valence-electron chi connectivity index (χ0n) is 17.8. The van der Waals surface area contributed by atoms with Crippen molar-refractivity contribution in [1.82, 2.24) is 9.97 Å². The number of nitrogens with zero attached hydrogens (tertiary/aromatic N) is 3. The zero-order valence-corrected chi connectivity index (χ0v) is 17.8. The third-order valence-electron chi connectivity index (χ3n) is 4.41. The minimum absolute atomic E-state index is 0.0440. The third kappa shape index (κ3) is 4.95. The Morgan fingerprint density at radius 2 is 1.68 bits per heavy atom. The lowest BCUT2D eigenvalue weighted by Gasteiger charge is -2.19. The number of benzene rings is 2. The Bertz CT molecular complexity index is 1030. The largest absolute Gasteiger partial charge is 0.493 e. The van der Waals surface area contributed by atoms with Crippen LogP contribution in [0.25, 0.3) is 0 Å². The number of ether oxygens (including phenoxy) is 3. The molecule has 0 aliphatic rings. The predicted molar refractivity (Wildman–Crippen MR) is 116 cm³/mol. The van der Waals surface area contributed by atoms with Gasteiger partial charge in [0.2, 0.25) is 5.75 Å². The van der Waals surface area contributed by atoms with E-state index < -0.39 is 0 Å². The second-order valence-electron chi connectivity index (χ2n) is 6.51. The highest BCUT2D eigenvalue weighted by molar-refractivity contribution is 5.87. The number of hydrogen-bond donors (Lipinski definition) is 1. The van der Waals surface area contributed by atoms with E-state index in [1.165, 1.54) is 6.92 Å². The summed E-state index contributed by atoms with van der Waals surface area (Å²) in [5.74, 6) is 1.92. The molecule has 0 aliphatic carbocycles. The van der Waals surface area contributed by atoms with Gasteiger partial charge in [-0.25, -0.2) is 4.98 Å². The quantitative estimate of drug-likeness (QED) is 0.550. The first-order valence-electron chi connectivity index (χ1n) is 9.40. The first kappa shape index (κ1) is 21.7. The van der Waals surface area contributed by atoms with Crippen molar-refractivity contribution in [2.24, 2.45) is 0 Å². The van der Waals surface area contributed by atoms with Crippen molar-refractivity contribution in [3.8, 4) is 23.0 Å². The fourth-order valence-electron chi connectivity index (χ4n) is 2.93. The van der Waals surface area contributed by atoms with Crippen molar-refractivity contribution >= 4 is 17.7 Å². The fraction of sp³-hybridized carbons (Fsp3) is 0.227. The first-order valence-corrected chi connectivity index (χ1v) is 9.40. The van der Waals surface area contributed by atoms with Crippen LogP contribution < -0.4 is 29.8 Å².